The summed E-state index contributed by atoms with van der Waals surface area (Å²) in [4.78, 5) is 34.9. The molecule has 0 radical (unpaired) electrons. The molecule has 0 bridgehead atoms. The van der Waals surface area contributed by atoms with Gasteiger partial charge in [0.15, 0.2) is 23.7 Å². The van der Waals surface area contributed by atoms with Crippen molar-refractivity contribution in [1.82, 2.24) is 0 Å². The van der Waals surface area contributed by atoms with Gasteiger partial charge < -0.3 is 33.9 Å². The Kier molecular flexibility index (Phi) is 6.59. The summed E-state index contributed by atoms with van der Waals surface area (Å²) in [6.07, 6.45) is -7.64. The van der Waals surface area contributed by atoms with E-state index in [-0.39, 0.29) is 11.5 Å². The molecule has 148 valence electrons. The van der Waals surface area contributed by atoms with Crippen LogP contribution in [0.5, 0.6) is 11.5 Å². The molecule has 1 aliphatic rings. The summed E-state index contributed by atoms with van der Waals surface area (Å²) in [6, 6.07) is 5.86. The number of carbonyl (C=O) groups excluding carboxylic acids is 3. The van der Waals surface area contributed by atoms with Crippen molar-refractivity contribution in [3.8, 4) is 11.5 Å². The van der Waals surface area contributed by atoms with Gasteiger partial charge in [-0.1, -0.05) is 12.1 Å². The highest BCUT2D eigenvalue weighted by Gasteiger charge is 2.53. The summed E-state index contributed by atoms with van der Waals surface area (Å²) >= 11 is 0. The minimum Gasteiger partial charge on any atom is -0.504 e. The molecule has 1 heterocycles. The number of ether oxygens (including phenoxy) is 5. The number of aliphatic hydroxyl groups is 1. The van der Waals surface area contributed by atoms with Crippen LogP contribution in [-0.4, -0.2) is 65.9 Å². The van der Waals surface area contributed by atoms with Gasteiger partial charge in [0.1, 0.15) is 6.10 Å². The Morgan fingerprint density at radius 2 is 1.63 bits per heavy atom. The van der Waals surface area contributed by atoms with Crippen molar-refractivity contribution in [1.29, 1.82) is 0 Å². The third-order valence-electron chi connectivity index (χ3n) is 3.67. The van der Waals surface area contributed by atoms with Crippen molar-refractivity contribution in [2.45, 2.75) is 44.6 Å². The molecule has 0 saturated carbocycles. The van der Waals surface area contributed by atoms with E-state index >= 15 is 0 Å². The van der Waals surface area contributed by atoms with Gasteiger partial charge >= 0.3 is 17.9 Å². The number of esters is 3. The second kappa shape index (κ2) is 8.69. The van der Waals surface area contributed by atoms with Gasteiger partial charge in [-0.25, -0.2) is 4.79 Å². The molecule has 27 heavy (non-hydrogen) atoms. The molecule has 2 N–H and O–H groups in total. The normalized spacial score (nSPS) is 27.3. The Morgan fingerprint density at radius 1 is 1.04 bits per heavy atom. The fourth-order valence-electron chi connectivity index (χ4n) is 2.55. The lowest BCUT2D eigenvalue weighted by Gasteiger charge is -2.41. The third-order valence-corrected chi connectivity index (χ3v) is 3.67. The van der Waals surface area contributed by atoms with E-state index in [1.54, 1.807) is 12.1 Å². The van der Waals surface area contributed by atoms with Crippen LogP contribution in [0.4, 0.5) is 0 Å². The maximum Gasteiger partial charge on any atom is 0.338 e. The summed E-state index contributed by atoms with van der Waals surface area (Å²) in [5.41, 5.74) is 0. The zero-order valence-electron chi connectivity index (χ0n) is 14.9. The van der Waals surface area contributed by atoms with Crippen molar-refractivity contribution in [2.24, 2.45) is 0 Å². The molecule has 1 fully saturated rings. The summed E-state index contributed by atoms with van der Waals surface area (Å²) in [5, 5.41) is 20.3. The van der Waals surface area contributed by atoms with Gasteiger partial charge in [0, 0.05) is 13.8 Å². The van der Waals surface area contributed by atoms with E-state index in [4.69, 9.17) is 18.9 Å². The number of methoxy groups -OCH3 is 1. The second-order valence-electron chi connectivity index (χ2n) is 5.67. The summed E-state index contributed by atoms with van der Waals surface area (Å²) in [6.45, 7) is 2.18. The minimum atomic E-state index is -1.69. The van der Waals surface area contributed by atoms with Gasteiger partial charge in [-0.2, -0.15) is 0 Å². The number of rotatable bonds is 5. The van der Waals surface area contributed by atoms with Gasteiger partial charge in [0.05, 0.1) is 7.11 Å². The van der Waals surface area contributed by atoms with Crippen LogP contribution < -0.4 is 4.74 Å². The SMILES string of the molecule is COC(=O)[C@H]1O[C@@H](Oc2ccccc2O)[C@H](OC(C)=O)[C@@H](OC(C)=O)[C@@H]1O. The van der Waals surface area contributed by atoms with Crippen molar-refractivity contribution in [3.05, 3.63) is 24.3 Å². The summed E-state index contributed by atoms with van der Waals surface area (Å²) in [7, 11) is 1.08. The minimum absolute atomic E-state index is 0.0405. The number of phenols is 1. The molecule has 0 aromatic heterocycles. The Labute approximate surface area is 154 Å². The average Bonchev–Trinajstić information content (AvgIpc) is 2.60. The number of hydrogen-bond acceptors (Lipinski definition) is 10. The van der Waals surface area contributed by atoms with Crippen LogP contribution in [0, 0.1) is 0 Å². The maximum atomic E-state index is 11.9. The van der Waals surface area contributed by atoms with Crippen LogP contribution in [0.3, 0.4) is 0 Å². The van der Waals surface area contributed by atoms with Gasteiger partial charge in [-0.3, -0.25) is 9.59 Å². The molecular weight excluding hydrogens is 364 g/mol. The fourth-order valence-corrected chi connectivity index (χ4v) is 2.55. The predicted octanol–water partition coefficient (Wildman–Crippen LogP) is -0.107. The van der Waals surface area contributed by atoms with E-state index < -0.39 is 48.6 Å². The van der Waals surface area contributed by atoms with Gasteiger partial charge in [0.25, 0.3) is 0 Å². The topological polar surface area (TPSA) is 138 Å². The molecule has 10 heteroatoms. The second-order valence-corrected chi connectivity index (χ2v) is 5.67. The van der Waals surface area contributed by atoms with E-state index in [0.29, 0.717) is 0 Å². The zero-order chi connectivity index (χ0) is 20.1. The molecule has 0 aliphatic carbocycles. The Balaban J connectivity index is 2.40. The lowest BCUT2D eigenvalue weighted by atomic mass is 9.98. The number of aliphatic hydroxyl groups excluding tert-OH is 1. The van der Waals surface area contributed by atoms with Crippen LogP contribution in [0.2, 0.25) is 0 Å². The first-order valence-electron chi connectivity index (χ1n) is 7.95. The quantitative estimate of drug-likeness (QED) is 0.522. The fraction of sp³-hybridized carbons (Fsp3) is 0.471. The lowest BCUT2D eigenvalue weighted by molar-refractivity contribution is -0.279. The molecular formula is C17H20O10. The van der Waals surface area contributed by atoms with E-state index in [9.17, 15) is 24.6 Å². The van der Waals surface area contributed by atoms with E-state index in [0.717, 1.165) is 21.0 Å². The molecule has 0 unspecified atom stereocenters. The summed E-state index contributed by atoms with van der Waals surface area (Å²) < 4.78 is 25.7. The maximum absolute atomic E-state index is 11.9. The largest absolute Gasteiger partial charge is 0.504 e. The number of benzene rings is 1. The Bertz CT molecular complexity index is 703. The number of carbonyl (C=O) groups is 3. The van der Waals surface area contributed by atoms with Crippen molar-refractivity contribution >= 4 is 17.9 Å². The van der Waals surface area contributed by atoms with Crippen LogP contribution in [0.25, 0.3) is 0 Å². The Morgan fingerprint density at radius 3 is 2.19 bits per heavy atom. The first kappa shape index (κ1) is 20.5. The molecule has 1 saturated heterocycles. The highest BCUT2D eigenvalue weighted by molar-refractivity contribution is 5.76. The van der Waals surface area contributed by atoms with Crippen LogP contribution in [-0.2, 0) is 33.3 Å². The first-order valence-corrected chi connectivity index (χ1v) is 7.95. The standard InChI is InChI=1S/C17H20O10/c1-8(18)24-13-12(21)14(16(22)23-3)27-17(15(13)25-9(2)19)26-11-7-5-4-6-10(11)20/h4-7,12-15,17,20-21H,1-3H3/t12-,13-,14-,15+,17+/m0/s1. The number of hydrogen-bond donors (Lipinski definition) is 2. The molecule has 2 rings (SSSR count). The van der Waals surface area contributed by atoms with Crippen molar-refractivity contribution in [2.75, 3.05) is 7.11 Å². The van der Waals surface area contributed by atoms with Gasteiger partial charge in [-0.15, -0.1) is 0 Å². The summed E-state index contributed by atoms with van der Waals surface area (Å²) in [5.74, 6) is -2.79. The number of phenolic OH excluding ortho intramolecular Hbond substituents is 1. The average molecular weight is 384 g/mol. The van der Waals surface area contributed by atoms with Gasteiger partial charge in [0.2, 0.25) is 12.4 Å². The molecule has 5 atom stereocenters. The number of aromatic hydroxyl groups is 1. The highest BCUT2D eigenvalue weighted by Crippen LogP contribution is 2.32. The lowest BCUT2D eigenvalue weighted by Crippen LogP contribution is -2.63. The van der Waals surface area contributed by atoms with E-state index in [1.165, 1.54) is 12.1 Å². The molecule has 10 nitrogen and oxygen atoms in total. The predicted molar refractivity (Wildman–Crippen MR) is 86.5 cm³/mol. The van der Waals surface area contributed by atoms with Crippen LogP contribution in [0.15, 0.2) is 24.3 Å². The monoisotopic (exact) mass is 384 g/mol. The van der Waals surface area contributed by atoms with E-state index in [2.05, 4.69) is 4.74 Å². The number of para-hydroxylation sites is 2. The molecule has 1 aromatic carbocycles. The smallest absolute Gasteiger partial charge is 0.338 e. The zero-order valence-corrected chi connectivity index (χ0v) is 14.9. The van der Waals surface area contributed by atoms with E-state index in [1.807, 2.05) is 0 Å². The highest BCUT2D eigenvalue weighted by atomic mass is 16.7. The molecule has 0 amide bonds. The first-order chi connectivity index (χ1) is 12.7. The van der Waals surface area contributed by atoms with Crippen molar-refractivity contribution < 1.29 is 48.3 Å². The Hall–Kier alpha value is -2.85. The molecule has 1 aromatic rings. The van der Waals surface area contributed by atoms with Gasteiger partial charge in [-0.05, 0) is 12.1 Å². The van der Waals surface area contributed by atoms with Crippen LogP contribution >= 0.6 is 0 Å². The third kappa shape index (κ3) is 4.86. The van der Waals surface area contributed by atoms with Crippen LogP contribution in [0.1, 0.15) is 13.8 Å². The molecule has 0 spiro atoms. The van der Waals surface area contributed by atoms with Crippen molar-refractivity contribution in [3.63, 3.8) is 0 Å². The molecule has 1 aliphatic heterocycles.